The SMILES string of the molecule is COC(=O)c1ccc([C@@H]2Oc3ccccc3[C@H]3CC(c4cc(OC)ccc4O)=NN32)cc1. The number of aromatic hydroxyl groups is 1. The number of hydrogen-bond acceptors (Lipinski definition) is 7. The summed E-state index contributed by atoms with van der Waals surface area (Å²) < 4.78 is 16.5. The second-order valence-corrected chi connectivity index (χ2v) is 7.65. The Kier molecular flexibility index (Phi) is 4.93. The van der Waals surface area contributed by atoms with E-state index in [-0.39, 0.29) is 17.8 Å². The van der Waals surface area contributed by atoms with Crippen LogP contribution in [-0.2, 0) is 4.74 Å². The zero-order valence-electron chi connectivity index (χ0n) is 17.7. The van der Waals surface area contributed by atoms with E-state index in [9.17, 15) is 9.90 Å². The maximum absolute atomic E-state index is 11.8. The second-order valence-electron chi connectivity index (χ2n) is 7.65. The van der Waals surface area contributed by atoms with Crippen molar-refractivity contribution in [3.8, 4) is 17.2 Å². The van der Waals surface area contributed by atoms with Gasteiger partial charge in [0.05, 0.1) is 31.5 Å². The summed E-state index contributed by atoms with van der Waals surface area (Å²) in [7, 11) is 2.95. The van der Waals surface area contributed by atoms with Gasteiger partial charge in [-0.25, -0.2) is 9.80 Å². The molecule has 0 unspecified atom stereocenters. The van der Waals surface area contributed by atoms with E-state index >= 15 is 0 Å². The Morgan fingerprint density at radius 3 is 2.62 bits per heavy atom. The first-order valence-corrected chi connectivity index (χ1v) is 10.3. The summed E-state index contributed by atoms with van der Waals surface area (Å²) in [5.41, 5.74) is 3.75. The number of methoxy groups -OCH3 is 2. The Bertz CT molecular complexity index is 1210. The van der Waals surface area contributed by atoms with Crippen LogP contribution >= 0.6 is 0 Å². The Balaban J connectivity index is 1.56. The number of rotatable bonds is 4. The van der Waals surface area contributed by atoms with Crippen molar-refractivity contribution in [3.63, 3.8) is 0 Å². The van der Waals surface area contributed by atoms with Gasteiger partial charge in [-0.1, -0.05) is 30.3 Å². The molecule has 2 aliphatic rings. The third-order valence-electron chi connectivity index (χ3n) is 5.83. The molecule has 1 N–H and O–H groups in total. The van der Waals surface area contributed by atoms with Gasteiger partial charge in [0, 0.05) is 23.1 Å². The van der Waals surface area contributed by atoms with Crippen LogP contribution < -0.4 is 9.47 Å². The van der Waals surface area contributed by atoms with Crippen molar-refractivity contribution in [2.24, 2.45) is 5.10 Å². The molecule has 32 heavy (non-hydrogen) atoms. The van der Waals surface area contributed by atoms with Gasteiger partial charge in [0.1, 0.15) is 17.2 Å². The molecule has 7 nitrogen and oxygen atoms in total. The van der Waals surface area contributed by atoms with Crippen LogP contribution in [0, 0.1) is 0 Å². The third-order valence-corrected chi connectivity index (χ3v) is 5.83. The van der Waals surface area contributed by atoms with Gasteiger partial charge in [-0.2, -0.15) is 5.10 Å². The molecule has 0 saturated carbocycles. The number of phenols is 1. The highest BCUT2D eigenvalue weighted by Gasteiger charge is 2.41. The maximum atomic E-state index is 11.8. The Morgan fingerprint density at radius 2 is 1.88 bits per heavy atom. The van der Waals surface area contributed by atoms with E-state index in [0.717, 1.165) is 22.6 Å². The molecule has 3 aromatic carbocycles. The van der Waals surface area contributed by atoms with Crippen molar-refractivity contribution in [1.82, 2.24) is 5.01 Å². The van der Waals surface area contributed by atoms with Crippen LogP contribution in [0.4, 0.5) is 0 Å². The molecule has 0 fully saturated rings. The largest absolute Gasteiger partial charge is 0.507 e. The number of fused-ring (bicyclic) bond motifs is 3. The van der Waals surface area contributed by atoms with Crippen LogP contribution in [0.3, 0.4) is 0 Å². The molecule has 2 atom stereocenters. The van der Waals surface area contributed by atoms with Gasteiger partial charge < -0.3 is 19.3 Å². The molecular formula is C25H22N2O5. The minimum atomic E-state index is -0.480. The number of carbonyl (C=O) groups is 1. The molecule has 0 spiro atoms. The first-order valence-electron chi connectivity index (χ1n) is 10.3. The number of hydrogen-bond donors (Lipinski definition) is 1. The van der Waals surface area contributed by atoms with E-state index in [0.29, 0.717) is 23.3 Å². The number of nitrogens with zero attached hydrogens (tertiary/aromatic N) is 2. The lowest BCUT2D eigenvalue weighted by Gasteiger charge is -2.38. The molecule has 0 radical (unpaired) electrons. The van der Waals surface area contributed by atoms with Crippen molar-refractivity contribution >= 4 is 11.7 Å². The van der Waals surface area contributed by atoms with Crippen LogP contribution in [0.5, 0.6) is 17.2 Å². The minimum Gasteiger partial charge on any atom is -0.507 e. The standard InChI is InChI=1S/C25H22N2O5/c1-30-17-11-12-22(28)19(13-17)20-14-21-18-5-3-4-6-23(18)32-24(27(21)26-20)15-7-9-16(10-8-15)25(29)31-2/h3-13,21,24,28H,14H2,1-2H3/t21-,24+/m1/s1. The summed E-state index contributed by atoms with van der Waals surface area (Å²) in [5, 5.41) is 17.3. The zero-order chi connectivity index (χ0) is 22.2. The molecule has 0 aliphatic carbocycles. The molecule has 2 heterocycles. The lowest BCUT2D eigenvalue weighted by atomic mass is 9.95. The zero-order valence-corrected chi connectivity index (χ0v) is 17.7. The highest BCUT2D eigenvalue weighted by Crippen LogP contribution is 2.48. The van der Waals surface area contributed by atoms with Gasteiger partial charge in [0.15, 0.2) is 0 Å². The minimum absolute atomic E-state index is 0.0502. The topological polar surface area (TPSA) is 80.6 Å². The number of phenolic OH excluding ortho intramolecular Hbond substituents is 1. The predicted molar refractivity (Wildman–Crippen MR) is 118 cm³/mol. The van der Waals surface area contributed by atoms with Crippen molar-refractivity contribution in [2.45, 2.75) is 18.7 Å². The highest BCUT2D eigenvalue weighted by molar-refractivity contribution is 6.04. The summed E-state index contributed by atoms with van der Waals surface area (Å²) in [5.74, 6) is 1.20. The predicted octanol–water partition coefficient (Wildman–Crippen LogP) is 4.43. The number of hydrazone groups is 1. The number of para-hydroxylation sites is 1. The van der Waals surface area contributed by atoms with Crippen LogP contribution in [-0.4, -0.2) is 36.0 Å². The molecule has 5 rings (SSSR count). The number of carbonyl (C=O) groups excluding carboxylic acids is 1. The van der Waals surface area contributed by atoms with Gasteiger partial charge in [0.2, 0.25) is 6.23 Å². The number of esters is 1. The summed E-state index contributed by atoms with van der Waals surface area (Å²) in [4.78, 5) is 11.8. The molecule has 0 amide bonds. The molecule has 7 heteroatoms. The van der Waals surface area contributed by atoms with E-state index in [1.165, 1.54) is 7.11 Å². The van der Waals surface area contributed by atoms with Gasteiger partial charge in [-0.15, -0.1) is 0 Å². The number of benzene rings is 3. The van der Waals surface area contributed by atoms with E-state index < -0.39 is 6.23 Å². The fraction of sp³-hybridized carbons (Fsp3) is 0.200. The van der Waals surface area contributed by atoms with Crippen molar-refractivity contribution in [1.29, 1.82) is 0 Å². The molecule has 3 aromatic rings. The van der Waals surface area contributed by atoms with Crippen LogP contribution in [0.1, 0.15) is 45.7 Å². The van der Waals surface area contributed by atoms with Crippen molar-refractivity contribution in [3.05, 3.63) is 89.0 Å². The van der Waals surface area contributed by atoms with E-state index in [2.05, 4.69) is 0 Å². The number of ether oxygens (including phenoxy) is 3. The van der Waals surface area contributed by atoms with Crippen molar-refractivity contribution < 1.29 is 24.1 Å². The van der Waals surface area contributed by atoms with Gasteiger partial charge in [-0.3, -0.25) is 0 Å². The maximum Gasteiger partial charge on any atom is 0.337 e. The lowest BCUT2D eigenvalue weighted by molar-refractivity contribution is -0.0190. The normalized spacial score (nSPS) is 18.8. The first kappa shape index (κ1) is 19.9. The van der Waals surface area contributed by atoms with Crippen molar-refractivity contribution in [2.75, 3.05) is 14.2 Å². The summed E-state index contributed by atoms with van der Waals surface area (Å²) >= 11 is 0. The summed E-state index contributed by atoms with van der Waals surface area (Å²) in [6.45, 7) is 0. The van der Waals surface area contributed by atoms with Crippen LogP contribution in [0.25, 0.3) is 0 Å². The summed E-state index contributed by atoms with van der Waals surface area (Å²) in [6, 6.07) is 20.1. The van der Waals surface area contributed by atoms with E-state index in [1.807, 2.05) is 41.4 Å². The molecular weight excluding hydrogens is 408 g/mol. The fourth-order valence-corrected chi connectivity index (χ4v) is 4.19. The Hall–Kier alpha value is -4.00. The van der Waals surface area contributed by atoms with E-state index in [4.69, 9.17) is 19.3 Å². The Labute approximate surface area is 185 Å². The molecule has 2 aliphatic heterocycles. The third kappa shape index (κ3) is 3.32. The lowest BCUT2D eigenvalue weighted by Crippen LogP contribution is -2.33. The van der Waals surface area contributed by atoms with E-state index in [1.54, 1.807) is 37.4 Å². The van der Waals surface area contributed by atoms with Gasteiger partial charge >= 0.3 is 5.97 Å². The molecule has 0 saturated heterocycles. The highest BCUT2D eigenvalue weighted by atomic mass is 16.5. The molecule has 0 aromatic heterocycles. The monoisotopic (exact) mass is 430 g/mol. The average Bonchev–Trinajstić information content (AvgIpc) is 3.29. The first-order chi connectivity index (χ1) is 15.6. The van der Waals surface area contributed by atoms with Gasteiger partial charge in [-0.05, 0) is 36.4 Å². The Morgan fingerprint density at radius 1 is 1.09 bits per heavy atom. The fourth-order valence-electron chi connectivity index (χ4n) is 4.19. The molecule has 0 bridgehead atoms. The smallest absolute Gasteiger partial charge is 0.337 e. The second kappa shape index (κ2) is 7.92. The molecule has 162 valence electrons. The quantitative estimate of drug-likeness (QED) is 0.617. The van der Waals surface area contributed by atoms with Crippen LogP contribution in [0.2, 0.25) is 0 Å². The average molecular weight is 430 g/mol. The van der Waals surface area contributed by atoms with Crippen LogP contribution in [0.15, 0.2) is 71.8 Å². The summed E-state index contributed by atoms with van der Waals surface area (Å²) in [6.07, 6.45) is 0.129. The van der Waals surface area contributed by atoms with Gasteiger partial charge in [0.25, 0.3) is 0 Å².